The molecule has 1 heterocycles. The molecule has 0 spiro atoms. The van der Waals surface area contributed by atoms with Crippen molar-refractivity contribution in [2.24, 2.45) is 0 Å². The average molecular weight is 447 g/mol. The number of amides is 1. The SMILES string of the molecule is COC(=O)c1ccc(OCC(=O)N2CCN(Cc3ccccc3)CC2)c(Br)c1. The number of carbonyl (C=O) groups excluding carboxylic acids is 2. The number of hydrogen-bond donors (Lipinski definition) is 0. The molecule has 148 valence electrons. The molecule has 7 heteroatoms. The summed E-state index contributed by atoms with van der Waals surface area (Å²) < 4.78 is 10.9. The van der Waals surface area contributed by atoms with Gasteiger partial charge in [-0.25, -0.2) is 4.79 Å². The summed E-state index contributed by atoms with van der Waals surface area (Å²) in [5.74, 6) is 0.0590. The highest BCUT2D eigenvalue weighted by molar-refractivity contribution is 9.10. The van der Waals surface area contributed by atoms with E-state index in [0.717, 1.165) is 19.6 Å². The monoisotopic (exact) mass is 446 g/mol. The normalized spacial score (nSPS) is 14.6. The van der Waals surface area contributed by atoms with Crippen molar-refractivity contribution in [1.29, 1.82) is 0 Å². The lowest BCUT2D eigenvalue weighted by molar-refractivity contribution is -0.135. The molecule has 2 aromatic rings. The minimum atomic E-state index is -0.420. The van der Waals surface area contributed by atoms with Crippen molar-refractivity contribution in [3.8, 4) is 5.75 Å². The van der Waals surface area contributed by atoms with Crippen molar-refractivity contribution < 1.29 is 19.1 Å². The van der Waals surface area contributed by atoms with E-state index in [4.69, 9.17) is 4.74 Å². The van der Waals surface area contributed by atoms with Crippen LogP contribution in [0.5, 0.6) is 5.75 Å². The van der Waals surface area contributed by atoms with Crippen molar-refractivity contribution >= 4 is 27.8 Å². The fourth-order valence-corrected chi connectivity index (χ4v) is 3.58. The topological polar surface area (TPSA) is 59.1 Å². The predicted molar refractivity (Wildman–Crippen MR) is 109 cm³/mol. The second-order valence-corrected chi connectivity index (χ2v) is 7.42. The molecular weight excluding hydrogens is 424 g/mol. The summed E-state index contributed by atoms with van der Waals surface area (Å²) in [6.45, 7) is 3.94. The first-order valence-electron chi connectivity index (χ1n) is 9.11. The first kappa shape index (κ1) is 20.4. The number of nitrogens with zero attached hydrogens (tertiary/aromatic N) is 2. The molecule has 3 rings (SSSR count). The van der Waals surface area contributed by atoms with Gasteiger partial charge in [-0.2, -0.15) is 0 Å². The zero-order chi connectivity index (χ0) is 19.9. The van der Waals surface area contributed by atoms with Gasteiger partial charge in [0, 0.05) is 32.7 Å². The molecule has 2 aromatic carbocycles. The highest BCUT2D eigenvalue weighted by Gasteiger charge is 2.21. The Morgan fingerprint density at radius 1 is 1.04 bits per heavy atom. The zero-order valence-corrected chi connectivity index (χ0v) is 17.4. The van der Waals surface area contributed by atoms with Crippen molar-refractivity contribution in [2.75, 3.05) is 39.9 Å². The first-order valence-corrected chi connectivity index (χ1v) is 9.91. The van der Waals surface area contributed by atoms with Gasteiger partial charge in [-0.1, -0.05) is 30.3 Å². The molecule has 28 heavy (non-hydrogen) atoms. The van der Waals surface area contributed by atoms with E-state index in [9.17, 15) is 9.59 Å². The molecule has 1 fully saturated rings. The summed E-state index contributed by atoms with van der Waals surface area (Å²) in [4.78, 5) is 28.2. The summed E-state index contributed by atoms with van der Waals surface area (Å²) in [5.41, 5.74) is 1.70. The lowest BCUT2D eigenvalue weighted by Gasteiger charge is -2.34. The number of hydrogen-bond acceptors (Lipinski definition) is 5. The summed E-state index contributed by atoms with van der Waals surface area (Å²) in [7, 11) is 1.33. The van der Waals surface area contributed by atoms with Gasteiger partial charge in [0.2, 0.25) is 0 Å². The molecule has 1 saturated heterocycles. The molecule has 0 bridgehead atoms. The molecule has 0 aliphatic carbocycles. The summed E-state index contributed by atoms with van der Waals surface area (Å²) in [6.07, 6.45) is 0. The minimum absolute atomic E-state index is 0.0329. The maximum absolute atomic E-state index is 12.5. The maximum atomic E-state index is 12.5. The highest BCUT2D eigenvalue weighted by atomic mass is 79.9. The van der Waals surface area contributed by atoms with Crippen LogP contribution in [0.15, 0.2) is 53.0 Å². The van der Waals surface area contributed by atoms with Crippen LogP contribution in [-0.2, 0) is 16.1 Å². The van der Waals surface area contributed by atoms with Gasteiger partial charge in [-0.3, -0.25) is 9.69 Å². The van der Waals surface area contributed by atoms with Crippen molar-refractivity contribution in [3.05, 3.63) is 64.1 Å². The summed E-state index contributed by atoms with van der Waals surface area (Å²) in [5, 5.41) is 0. The Kier molecular flexibility index (Phi) is 7.06. The lowest BCUT2D eigenvalue weighted by atomic mass is 10.2. The Labute approximate surface area is 173 Å². The van der Waals surface area contributed by atoms with Crippen LogP contribution >= 0.6 is 15.9 Å². The van der Waals surface area contributed by atoms with Gasteiger partial charge in [0.15, 0.2) is 6.61 Å². The van der Waals surface area contributed by atoms with Crippen LogP contribution in [0.25, 0.3) is 0 Å². The summed E-state index contributed by atoms with van der Waals surface area (Å²) in [6, 6.07) is 15.2. The van der Waals surface area contributed by atoms with E-state index in [2.05, 4.69) is 37.7 Å². The Morgan fingerprint density at radius 2 is 1.75 bits per heavy atom. The minimum Gasteiger partial charge on any atom is -0.483 e. The quantitative estimate of drug-likeness (QED) is 0.638. The van der Waals surface area contributed by atoms with Crippen LogP contribution in [0, 0.1) is 0 Å². The van der Waals surface area contributed by atoms with Gasteiger partial charge in [0.25, 0.3) is 5.91 Å². The molecule has 1 amide bonds. The van der Waals surface area contributed by atoms with Crippen LogP contribution in [0.2, 0.25) is 0 Å². The van der Waals surface area contributed by atoms with Crippen LogP contribution < -0.4 is 4.74 Å². The Morgan fingerprint density at radius 3 is 2.39 bits per heavy atom. The van der Waals surface area contributed by atoms with Gasteiger partial charge < -0.3 is 14.4 Å². The fourth-order valence-electron chi connectivity index (χ4n) is 3.09. The van der Waals surface area contributed by atoms with Crippen molar-refractivity contribution in [3.63, 3.8) is 0 Å². The van der Waals surface area contributed by atoms with E-state index in [1.807, 2.05) is 23.1 Å². The molecule has 0 radical (unpaired) electrons. The number of rotatable bonds is 6. The van der Waals surface area contributed by atoms with Crippen molar-refractivity contribution in [1.82, 2.24) is 9.80 Å². The van der Waals surface area contributed by atoms with Gasteiger partial charge in [0.1, 0.15) is 5.75 Å². The first-order chi connectivity index (χ1) is 13.6. The third kappa shape index (κ3) is 5.33. The number of esters is 1. The predicted octanol–water partition coefficient (Wildman–Crippen LogP) is 2.96. The van der Waals surface area contributed by atoms with Crippen LogP contribution in [0.4, 0.5) is 0 Å². The van der Waals surface area contributed by atoms with Gasteiger partial charge in [0.05, 0.1) is 17.1 Å². The Hall–Kier alpha value is -2.38. The maximum Gasteiger partial charge on any atom is 0.337 e. The third-order valence-corrected chi connectivity index (χ3v) is 5.30. The standard InChI is InChI=1S/C21H23BrN2O4/c1-27-21(26)17-7-8-19(18(22)13-17)28-15-20(25)24-11-9-23(10-12-24)14-16-5-3-2-4-6-16/h2-8,13H,9-12,14-15H2,1H3. The molecule has 1 aliphatic heterocycles. The number of methoxy groups -OCH3 is 1. The summed E-state index contributed by atoms with van der Waals surface area (Å²) >= 11 is 3.37. The molecule has 0 saturated carbocycles. The van der Waals surface area contributed by atoms with Gasteiger partial charge in [-0.15, -0.1) is 0 Å². The molecule has 0 atom stereocenters. The second-order valence-electron chi connectivity index (χ2n) is 6.57. The number of piperazine rings is 1. The highest BCUT2D eigenvalue weighted by Crippen LogP contribution is 2.26. The van der Waals surface area contributed by atoms with Crippen LogP contribution in [-0.4, -0.2) is 61.6 Å². The van der Waals surface area contributed by atoms with E-state index in [1.165, 1.54) is 12.7 Å². The van der Waals surface area contributed by atoms with E-state index < -0.39 is 5.97 Å². The van der Waals surface area contributed by atoms with Crippen molar-refractivity contribution in [2.45, 2.75) is 6.54 Å². The molecule has 0 aromatic heterocycles. The largest absolute Gasteiger partial charge is 0.483 e. The molecule has 0 N–H and O–H groups in total. The Balaban J connectivity index is 1.46. The van der Waals surface area contributed by atoms with E-state index >= 15 is 0 Å². The number of benzene rings is 2. The molecule has 6 nitrogen and oxygen atoms in total. The smallest absolute Gasteiger partial charge is 0.337 e. The number of halogens is 1. The zero-order valence-electron chi connectivity index (χ0n) is 15.8. The Bertz CT molecular complexity index is 820. The van der Waals surface area contributed by atoms with E-state index in [-0.39, 0.29) is 12.5 Å². The van der Waals surface area contributed by atoms with Gasteiger partial charge in [-0.05, 0) is 39.7 Å². The molecule has 0 unspecified atom stereocenters. The number of carbonyl (C=O) groups is 2. The number of ether oxygens (including phenoxy) is 2. The lowest BCUT2D eigenvalue weighted by Crippen LogP contribution is -2.49. The fraction of sp³-hybridized carbons (Fsp3) is 0.333. The van der Waals surface area contributed by atoms with E-state index in [0.29, 0.717) is 28.9 Å². The van der Waals surface area contributed by atoms with Crippen LogP contribution in [0.1, 0.15) is 15.9 Å². The average Bonchev–Trinajstić information content (AvgIpc) is 2.73. The van der Waals surface area contributed by atoms with Crippen LogP contribution in [0.3, 0.4) is 0 Å². The van der Waals surface area contributed by atoms with Gasteiger partial charge >= 0.3 is 5.97 Å². The van der Waals surface area contributed by atoms with E-state index in [1.54, 1.807) is 18.2 Å². The third-order valence-electron chi connectivity index (χ3n) is 4.68. The molecule has 1 aliphatic rings. The molecular formula is C21H23BrN2O4. The second kappa shape index (κ2) is 9.71.